The molecule has 0 aliphatic carbocycles. The van der Waals surface area contributed by atoms with Crippen LogP contribution in [-0.2, 0) is 18.3 Å². The van der Waals surface area contributed by atoms with Gasteiger partial charge in [-0.25, -0.2) is 9.36 Å². The van der Waals surface area contributed by atoms with E-state index in [2.05, 4.69) is 10.4 Å². The summed E-state index contributed by atoms with van der Waals surface area (Å²) in [6, 6.07) is 19.2. The monoisotopic (exact) mass is 415 g/mol. The van der Waals surface area contributed by atoms with Crippen LogP contribution >= 0.6 is 0 Å². The molecule has 0 aliphatic rings. The van der Waals surface area contributed by atoms with E-state index in [4.69, 9.17) is 0 Å². The molecule has 31 heavy (non-hydrogen) atoms. The highest BCUT2D eigenvalue weighted by atomic mass is 16.2. The van der Waals surface area contributed by atoms with Crippen molar-refractivity contribution in [1.29, 1.82) is 0 Å². The van der Waals surface area contributed by atoms with E-state index in [9.17, 15) is 9.59 Å². The summed E-state index contributed by atoms with van der Waals surface area (Å²) in [5, 5.41) is 7.43. The lowest BCUT2D eigenvalue weighted by atomic mass is 10.1. The van der Waals surface area contributed by atoms with Gasteiger partial charge in [-0.05, 0) is 45.0 Å². The Balaban J connectivity index is 1.61. The third kappa shape index (κ3) is 3.70. The van der Waals surface area contributed by atoms with Crippen molar-refractivity contribution in [1.82, 2.24) is 19.1 Å². The number of amides is 1. The third-order valence-electron chi connectivity index (χ3n) is 5.60. The van der Waals surface area contributed by atoms with Crippen LogP contribution in [0, 0.1) is 20.8 Å². The number of para-hydroxylation sites is 2. The fraction of sp³-hybridized carbons (Fsp3) is 0.208. The van der Waals surface area contributed by atoms with Crippen molar-refractivity contribution < 1.29 is 4.79 Å². The molecule has 2 aromatic heterocycles. The predicted octanol–water partition coefficient (Wildman–Crippen LogP) is 3.47. The van der Waals surface area contributed by atoms with E-state index in [1.165, 1.54) is 0 Å². The summed E-state index contributed by atoms with van der Waals surface area (Å²) in [6.07, 6.45) is 0.142. The lowest BCUT2D eigenvalue weighted by molar-refractivity contribution is -0.115. The Morgan fingerprint density at radius 2 is 1.48 bits per heavy atom. The van der Waals surface area contributed by atoms with Crippen LogP contribution in [-0.4, -0.2) is 25.1 Å². The Morgan fingerprint density at radius 3 is 2.10 bits per heavy atom. The van der Waals surface area contributed by atoms with Gasteiger partial charge < -0.3 is 5.32 Å². The number of nitrogens with zero attached hydrogens (tertiary/aromatic N) is 4. The van der Waals surface area contributed by atoms with E-state index in [-0.39, 0.29) is 17.9 Å². The van der Waals surface area contributed by atoms with E-state index in [1.54, 1.807) is 16.4 Å². The van der Waals surface area contributed by atoms with Gasteiger partial charge in [0.1, 0.15) is 5.69 Å². The number of benzene rings is 2. The molecule has 0 atom stereocenters. The zero-order valence-corrected chi connectivity index (χ0v) is 18.1. The van der Waals surface area contributed by atoms with Gasteiger partial charge in [0.15, 0.2) is 0 Å². The Kier molecular flexibility index (Phi) is 5.33. The van der Waals surface area contributed by atoms with Crippen molar-refractivity contribution in [3.63, 3.8) is 0 Å². The van der Waals surface area contributed by atoms with Crippen molar-refractivity contribution in [2.45, 2.75) is 27.2 Å². The Morgan fingerprint density at radius 1 is 0.903 bits per heavy atom. The standard InChI is InChI=1S/C24H25N5O2/c1-16-21(17(2)28(26-16)19-11-7-5-8-12-19)15-22(30)25-23-18(3)27(4)29(24(23)31)20-13-9-6-10-14-20/h5-14H,15H2,1-4H3,(H,25,30). The molecule has 2 heterocycles. The summed E-state index contributed by atoms with van der Waals surface area (Å²) in [5.74, 6) is -0.246. The predicted molar refractivity (Wildman–Crippen MR) is 121 cm³/mol. The highest BCUT2D eigenvalue weighted by Gasteiger charge is 2.20. The largest absolute Gasteiger partial charge is 0.320 e. The van der Waals surface area contributed by atoms with Crippen LogP contribution in [0.2, 0.25) is 0 Å². The van der Waals surface area contributed by atoms with Crippen molar-refractivity contribution in [2.24, 2.45) is 7.05 Å². The Bertz CT molecular complexity index is 1300. The second kappa shape index (κ2) is 8.10. The molecular weight excluding hydrogens is 390 g/mol. The van der Waals surface area contributed by atoms with E-state index >= 15 is 0 Å². The number of hydrogen-bond donors (Lipinski definition) is 1. The van der Waals surface area contributed by atoms with Gasteiger partial charge in [0.25, 0.3) is 5.56 Å². The molecule has 0 radical (unpaired) electrons. The lowest BCUT2D eigenvalue weighted by Crippen LogP contribution is -2.23. The van der Waals surface area contributed by atoms with E-state index < -0.39 is 0 Å². The molecule has 0 aliphatic heterocycles. The number of anilines is 1. The second-order valence-electron chi connectivity index (χ2n) is 7.56. The zero-order valence-electron chi connectivity index (χ0n) is 18.1. The molecule has 0 unspecified atom stereocenters. The minimum Gasteiger partial charge on any atom is -0.320 e. The molecule has 0 saturated heterocycles. The van der Waals surface area contributed by atoms with Gasteiger partial charge in [0, 0.05) is 18.3 Å². The molecule has 0 fully saturated rings. The lowest BCUT2D eigenvalue weighted by Gasteiger charge is -2.07. The number of carbonyl (C=O) groups is 1. The first kappa shape index (κ1) is 20.4. The fourth-order valence-electron chi connectivity index (χ4n) is 3.81. The topological polar surface area (TPSA) is 73.8 Å². The molecule has 7 heteroatoms. The number of carbonyl (C=O) groups excluding carboxylic acids is 1. The molecule has 7 nitrogen and oxygen atoms in total. The number of nitrogens with one attached hydrogen (secondary N) is 1. The highest BCUT2D eigenvalue weighted by molar-refractivity contribution is 5.93. The number of hydrogen-bond acceptors (Lipinski definition) is 3. The van der Waals surface area contributed by atoms with Gasteiger partial charge in [0.05, 0.1) is 29.2 Å². The van der Waals surface area contributed by atoms with Gasteiger partial charge in [-0.1, -0.05) is 36.4 Å². The number of aryl methyl sites for hydroxylation is 1. The van der Waals surface area contributed by atoms with Gasteiger partial charge >= 0.3 is 0 Å². The van der Waals surface area contributed by atoms with Crippen LogP contribution in [0.5, 0.6) is 0 Å². The minimum absolute atomic E-state index is 0.142. The molecule has 0 bridgehead atoms. The van der Waals surface area contributed by atoms with Crippen molar-refractivity contribution >= 4 is 11.6 Å². The number of rotatable bonds is 5. The fourth-order valence-corrected chi connectivity index (χ4v) is 3.81. The Hall–Kier alpha value is -3.87. The first-order chi connectivity index (χ1) is 14.9. The molecule has 1 amide bonds. The van der Waals surface area contributed by atoms with Crippen molar-refractivity contribution in [2.75, 3.05) is 5.32 Å². The van der Waals surface area contributed by atoms with E-state index in [0.717, 1.165) is 28.3 Å². The summed E-state index contributed by atoms with van der Waals surface area (Å²) in [7, 11) is 1.80. The Labute approximate surface area is 180 Å². The van der Waals surface area contributed by atoms with Crippen LogP contribution in [0.4, 0.5) is 5.69 Å². The van der Waals surface area contributed by atoms with Crippen molar-refractivity contribution in [3.8, 4) is 11.4 Å². The maximum Gasteiger partial charge on any atom is 0.295 e. The molecule has 4 rings (SSSR count). The minimum atomic E-state index is -0.257. The summed E-state index contributed by atoms with van der Waals surface area (Å²) < 4.78 is 5.14. The average molecular weight is 415 g/mol. The van der Waals surface area contributed by atoms with Crippen LogP contribution in [0.25, 0.3) is 11.4 Å². The molecule has 0 spiro atoms. The maximum absolute atomic E-state index is 13.0. The normalized spacial score (nSPS) is 11.0. The maximum atomic E-state index is 13.0. The highest BCUT2D eigenvalue weighted by Crippen LogP contribution is 2.20. The molecule has 0 saturated carbocycles. The summed E-state index contributed by atoms with van der Waals surface area (Å²) in [5.41, 5.74) is 4.98. The quantitative estimate of drug-likeness (QED) is 0.542. The average Bonchev–Trinajstić information content (AvgIpc) is 3.17. The SMILES string of the molecule is Cc1nn(-c2ccccc2)c(C)c1CC(=O)Nc1c(C)n(C)n(-c2ccccc2)c1=O. The van der Waals surface area contributed by atoms with Crippen LogP contribution in [0.15, 0.2) is 65.5 Å². The molecule has 2 aromatic carbocycles. The van der Waals surface area contributed by atoms with Crippen LogP contribution in [0.3, 0.4) is 0 Å². The summed E-state index contributed by atoms with van der Waals surface area (Å²) >= 11 is 0. The van der Waals surface area contributed by atoms with Gasteiger partial charge in [-0.15, -0.1) is 0 Å². The van der Waals surface area contributed by atoms with Gasteiger partial charge in [0.2, 0.25) is 5.91 Å². The van der Waals surface area contributed by atoms with E-state index in [0.29, 0.717) is 11.4 Å². The number of aromatic nitrogens is 4. The second-order valence-corrected chi connectivity index (χ2v) is 7.56. The molecule has 1 N–H and O–H groups in total. The molecular formula is C24H25N5O2. The summed E-state index contributed by atoms with van der Waals surface area (Å²) in [6.45, 7) is 5.66. The molecule has 4 aromatic rings. The smallest absolute Gasteiger partial charge is 0.295 e. The first-order valence-corrected chi connectivity index (χ1v) is 10.1. The van der Waals surface area contributed by atoms with Gasteiger partial charge in [-0.3, -0.25) is 14.3 Å². The zero-order chi connectivity index (χ0) is 22.1. The van der Waals surface area contributed by atoms with E-state index in [1.807, 2.05) is 86.1 Å². The third-order valence-corrected chi connectivity index (χ3v) is 5.60. The van der Waals surface area contributed by atoms with Crippen molar-refractivity contribution in [3.05, 3.63) is 93.7 Å². The molecule has 158 valence electrons. The van der Waals surface area contributed by atoms with Crippen LogP contribution < -0.4 is 10.9 Å². The van der Waals surface area contributed by atoms with Crippen LogP contribution in [0.1, 0.15) is 22.6 Å². The first-order valence-electron chi connectivity index (χ1n) is 10.1. The summed E-state index contributed by atoms with van der Waals surface area (Å²) in [4.78, 5) is 25.9. The van der Waals surface area contributed by atoms with Gasteiger partial charge in [-0.2, -0.15) is 5.10 Å².